The molecule has 0 spiro atoms. The Bertz CT molecular complexity index is 720. The molecular formula is C15H17F3N4OS. The van der Waals surface area contributed by atoms with E-state index >= 15 is 0 Å². The Morgan fingerprint density at radius 2 is 2.17 bits per heavy atom. The number of nitrogens with zero attached hydrogens (tertiary/aromatic N) is 4. The van der Waals surface area contributed by atoms with Crippen LogP contribution in [0.3, 0.4) is 0 Å². The molecule has 5 nitrogen and oxygen atoms in total. The predicted octanol–water partition coefficient (Wildman–Crippen LogP) is 3.35. The van der Waals surface area contributed by atoms with Crippen molar-refractivity contribution in [2.24, 2.45) is 13.0 Å². The average molecular weight is 358 g/mol. The first-order chi connectivity index (χ1) is 11.3. The van der Waals surface area contributed by atoms with E-state index in [4.69, 9.17) is 0 Å². The van der Waals surface area contributed by atoms with Crippen LogP contribution in [-0.4, -0.2) is 44.8 Å². The first-order valence-corrected chi connectivity index (χ1v) is 8.44. The quantitative estimate of drug-likeness (QED) is 0.824. The fourth-order valence-electron chi connectivity index (χ4n) is 2.62. The summed E-state index contributed by atoms with van der Waals surface area (Å²) in [6.45, 7) is -1.07. The maximum Gasteiger partial charge on any atom is 0.406 e. The molecule has 1 amide bonds. The van der Waals surface area contributed by atoms with Gasteiger partial charge >= 0.3 is 6.18 Å². The summed E-state index contributed by atoms with van der Waals surface area (Å²) in [5.41, 5.74) is 0.739. The molecule has 24 heavy (non-hydrogen) atoms. The third kappa shape index (κ3) is 3.95. The topological polar surface area (TPSA) is 51.0 Å². The van der Waals surface area contributed by atoms with E-state index in [1.54, 1.807) is 24.1 Å². The van der Waals surface area contributed by atoms with Gasteiger partial charge in [0.05, 0.1) is 12.4 Å². The third-order valence-corrected chi connectivity index (χ3v) is 5.06. The van der Waals surface area contributed by atoms with Gasteiger partial charge in [0.15, 0.2) is 0 Å². The lowest BCUT2D eigenvalue weighted by atomic mass is 9.85. The molecule has 3 rings (SSSR count). The first kappa shape index (κ1) is 16.9. The monoisotopic (exact) mass is 358 g/mol. The number of carbonyl (C=O) groups excluding carboxylic acids is 1. The lowest BCUT2D eigenvalue weighted by molar-refractivity contribution is -0.142. The second kappa shape index (κ2) is 6.54. The highest BCUT2D eigenvalue weighted by molar-refractivity contribution is 7.16. The molecule has 0 aromatic carbocycles. The molecule has 0 saturated heterocycles. The van der Waals surface area contributed by atoms with E-state index in [9.17, 15) is 18.0 Å². The van der Waals surface area contributed by atoms with Crippen LogP contribution in [0.25, 0.3) is 10.6 Å². The maximum absolute atomic E-state index is 12.8. The lowest BCUT2D eigenvalue weighted by Crippen LogP contribution is -2.42. The molecule has 0 N–H and O–H groups in total. The van der Waals surface area contributed by atoms with Gasteiger partial charge in [-0.1, -0.05) is 6.42 Å². The second-order valence-electron chi connectivity index (χ2n) is 6.03. The van der Waals surface area contributed by atoms with Crippen molar-refractivity contribution in [3.8, 4) is 10.6 Å². The van der Waals surface area contributed by atoms with Crippen LogP contribution in [0.2, 0.25) is 0 Å². The van der Waals surface area contributed by atoms with Crippen molar-refractivity contribution in [3.63, 3.8) is 0 Å². The number of alkyl halides is 3. The van der Waals surface area contributed by atoms with Crippen LogP contribution in [0.4, 0.5) is 13.2 Å². The summed E-state index contributed by atoms with van der Waals surface area (Å²) < 4.78 is 40.0. The number of amides is 1. The zero-order valence-corrected chi connectivity index (χ0v) is 13.9. The molecule has 9 heteroatoms. The summed E-state index contributed by atoms with van der Waals surface area (Å²) in [5.74, 6) is -0.436. The summed E-state index contributed by atoms with van der Waals surface area (Å²) in [7, 11) is 1.76. The van der Waals surface area contributed by atoms with Crippen molar-refractivity contribution in [1.29, 1.82) is 0 Å². The van der Waals surface area contributed by atoms with Gasteiger partial charge in [-0.05, 0) is 18.8 Å². The minimum absolute atomic E-state index is 0.151. The van der Waals surface area contributed by atoms with Crippen molar-refractivity contribution >= 4 is 17.2 Å². The van der Waals surface area contributed by atoms with Crippen LogP contribution in [-0.2, 0) is 7.05 Å². The molecule has 1 saturated carbocycles. The maximum atomic E-state index is 12.8. The molecule has 130 valence electrons. The predicted molar refractivity (Wildman–Crippen MR) is 83.6 cm³/mol. The number of aryl methyl sites for hydroxylation is 1. The Morgan fingerprint density at radius 1 is 1.42 bits per heavy atom. The highest BCUT2D eigenvalue weighted by Gasteiger charge is 2.35. The van der Waals surface area contributed by atoms with E-state index in [0.717, 1.165) is 41.1 Å². The standard InChI is InChI=1S/C15H17F3N4OS/c1-21-8-11(5-20-21)13-19-6-12(24-13)14(23)22(9-15(16,17)18)7-10-3-2-4-10/h5-6,8,10H,2-4,7,9H2,1H3. The number of aromatic nitrogens is 3. The number of hydrogen-bond acceptors (Lipinski definition) is 4. The Morgan fingerprint density at radius 3 is 2.71 bits per heavy atom. The van der Waals surface area contributed by atoms with Gasteiger partial charge in [0.2, 0.25) is 0 Å². The Kier molecular flexibility index (Phi) is 4.62. The van der Waals surface area contributed by atoms with Gasteiger partial charge in [0.25, 0.3) is 5.91 Å². The van der Waals surface area contributed by atoms with Crippen molar-refractivity contribution in [2.45, 2.75) is 25.4 Å². The van der Waals surface area contributed by atoms with Gasteiger partial charge in [0.1, 0.15) is 16.4 Å². The molecule has 1 aliphatic rings. The normalized spacial score (nSPS) is 15.3. The summed E-state index contributed by atoms with van der Waals surface area (Å²) in [4.78, 5) is 17.8. The highest BCUT2D eigenvalue weighted by Crippen LogP contribution is 2.31. The van der Waals surface area contributed by atoms with Gasteiger partial charge < -0.3 is 4.90 Å². The molecule has 2 aromatic heterocycles. The van der Waals surface area contributed by atoms with Crippen molar-refractivity contribution in [3.05, 3.63) is 23.5 Å². The number of hydrogen-bond donors (Lipinski definition) is 0. The summed E-state index contributed by atoms with van der Waals surface area (Å²) in [6, 6.07) is 0. The molecule has 1 fully saturated rings. The minimum atomic E-state index is -4.41. The van der Waals surface area contributed by atoms with Crippen molar-refractivity contribution in [1.82, 2.24) is 19.7 Å². The number of rotatable bonds is 5. The van der Waals surface area contributed by atoms with E-state index in [0.29, 0.717) is 5.01 Å². The van der Waals surface area contributed by atoms with E-state index in [-0.39, 0.29) is 17.3 Å². The summed E-state index contributed by atoms with van der Waals surface area (Å²) in [6.07, 6.45) is 3.07. The minimum Gasteiger partial charge on any atom is -0.329 e. The number of thiazole rings is 1. The second-order valence-corrected chi connectivity index (χ2v) is 7.06. The summed E-state index contributed by atoms with van der Waals surface area (Å²) in [5, 5.41) is 4.60. The van der Waals surface area contributed by atoms with E-state index < -0.39 is 18.6 Å². The lowest BCUT2D eigenvalue weighted by Gasteiger charge is -2.32. The van der Waals surface area contributed by atoms with Gasteiger partial charge in [-0.25, -0.2) is 4.98 Å². The molecule has 2 aromatic rings. The average Bonchev–Trinajstić information content (AvgIpc) is 3.07. The van der Waals surface area contributed by atoms with Crippen LogP contribution in [0.15, 0.2) is 18.6 Å². The fraction of sp³-hybridized carbons (Fsp3) is 0.533. The molecule has 1 aliphatic carbocycles. The molecule has 2 heterocycles. The first-order valence-electron chi connectivity index (χ1n) is 7.63. The number of carbonyl (C=O) groups is 1. The Balaban J connectivity index is 1.77. The van der Waals surface area contributed by atoms with Gasteiger partial charge in [-0.15, -0.1) is 11.3 Å². The van der Waals surface area contributed by atoms with Crippen LogP contribution < -0.4 is 0 Å². The molecular weight excluding hydrogens is 341 g/mol. The zero-order valence-electron chi connectivity index (χ0n) is 13.1. The van der Waals surface area contributed by atoms with Crippen LogP contribution in [0, 0.1) is 5.92 Å². The van der Waals surface area contributed by atoms with Crippen molar-refractivity contribution < 1.29 is 18.0 Å². The SMILES string of the molecule is Cn1cc(-c2ncc(C(=O)N(CC3CCC3)CC(F)(F)F)s2)cn1. The molecule has 0 radical (unpaired) electrons. The Hall–Kier alpha value is -1.90. The van der Waals surface area contributed by atoms with E-state index in [2.05, 4.69) is 10.1 Å². The fourth-order valence-corrected chi connectivity index (χ4v) is 3.48. The molecule has 0 atom stereocenters. The van der Waals surface area contributed by atoms with Crippen LogP contribution in [0.1, 0.15) is 28.9 Å². The third-order valence-electron chi connectivity index (χ3n) is 4.03. The van der Waals surface area contributed by atoms with Crippen molar-refractivity contribution in [2.75, 3.05) is 13.1 Å². The molecule has 0 aliphatic heterocycles. The highest BCUT2D eigenvalue weighted by atomic mass is 32.1. The largest absolute Gasteiger partial charge is 0.406 e. The van der Waals surface area contributed by atoms with Gasteiger partial charge in [0, 0.05) is 25.4 Å². The zero-order chi connectivity index (χ0) is 17.3. The van der Waals surface area contributed by atoms with Gasteiger partial charge in [-0.2, -0.15) is 18.3 Å². The van der Waals surface area contributed by atoms with Crippen LogP contribution >= 0.6 is 11.3 Å². The molecule has 0 unspecified atom stereocenters. The van der Waals surface area contributed by atoms with E-state index in [1.807, 2.05) is 0 Å². The van der Waals surface area contributed by atoms with Crippen LogP contribution in [0.5, 0.6) is 0 Å². The summed E-state index contributed by atoms with van der Waals surface area (Å²) >= 11 is 1.09. The molecule has 0 bridgehead atoms. The Labute approximate surface area is 141 Å². The van der Waals surface area contributed by atoms with E-state index in [1.165, 1.54) is 6.20 Å². The smallest absolute Gasteiger partial charge is 0.329 e. The van der Waals surface area contributed by atoms with Gasteiger partial charge in [-0.3, -0.25) is 9.48 Å². The number of halogens is 3.